The smallest absolute Gasteiger partial charge is 0.266 e. The van der Waals surface area contributed by atoms with Crippen molar-refractivity contribution in [2.75, 3.05) is 0 Å². The van der Waals surface area contributed by atoms with Gasteiger partial charge in [0, 0.05) is 18.7 Å². The van der Waals surface area contributed by atoms with Crippen molar-refractivity contribution in [1.29, 1.82) is 0 Å². The molecule has 4 aromatic rings. The fourth-order valence-corrected chi connectivity index (χ4v) is 3.45. The molecule has 3 heterocycles. The highest BCUT2D eigenvalue weighted by atomic mass is 32.1. The highest BCUT2D eigenvalue weighted by molar-refractivity contribution is 7.07. The molecule has 0 atom stereocenters. The third-order valence-electron chi connectivity index (χ3n) is 3.78. The Labute approximate surface area is 145 Å². The van der Waals surface area contributed by atoms with Crippen LogP contribution in [0.4, 0.5) is 0 Å². The van der Waals surface area contributed by atoms with Gasteiger partial charge < -0.3 is 14.0 Å². The molecule has 0 aliphatic carbocycles. The molecule has 124 valence electrons. The number of thiazole rings is 1. The fourth-order valence-electron chi connectivity index (χ4n) is 2.57. The number of H-pyrrole nitrogens is 1. The maximum atomic E-state index is 12.2. The number of nitrogens with one attached hydrogen (secondary N) is 1. The molecule has 0 amide bonds. The molecule has 0 spiro atoms. The summed E-state index contributed by atoms with van der Waals surface area (Å²) in [6.07, 6.45) is 6.32. The van der Waals surface area contributed by atoms with Gasteiger partial charge in [0.05, 0.1) is 32.8 Å². The Bertz CT molecular complexity index is 1240. The van der Waals surface area contributed by atoms with E-state index in [1.165, 1.54) is 23.7 Å². The van der Waals surface area contributed by atoms with E-state index in [1.54, 1.807) is 24.5 Å². The fraction of sp³-hybridized carbons (Fsp3) is 0.0556. The second kappa shape index (κ2) is 6.03. The predicted octanol–water partition coefficient (Wildman–Crippen LogP) is 1.41. The van der Waals surface area contributed by atoms with Crippen LogP contribution in [0.2, 0.25) is 0 Å². The second-order valence-corrected chi connectivity index (χ2v) is 6.57. The van der Waals surface area contributed by atoms with Crippen LogP contribution in [-0.4, -0.2) is 20.3 Å². The van der Waals surface area contributed by atoms with E-state index in [9.17, 15) is 9.59 Å². The zero-order valence-corrected chi connectivity index (χ0v) is 14.0. The van der Waals surface area contributed by atoms with E-state index in [1.807, 2.05) is 29.8 Å². The lowest BCUT2D eigenvalue weighted by molar-refractivity contribution is 0.103. The van der Waals surface area contributed by atoms with Gasteiger partial charge >= 0.3 is 0 Å². The molecule has 0 bridgehead atoms. The Hall–Kier alpha value is -3.19. The van der Waals surface area contributed by atoms with Crippen molar-refractivity contribution < 1.29 is 9.21 Å². The van der Waals surface area contributed by atoms with E-state index in [-0.39, 0.29) is 17.1 Å². The summed E-state index contributed by atoms with van der Waals surface area (Å²) in [5, 5.41) is 0. The van der Waals surface area contributed by atoms with Gasteiger partial charge in [-0.1, -0.05) is 12.1 Å². The minimum atomic E-state index is -0.291. The number of carbonyl (C=O) groups is 1. The maximum absolute atomic E-state index is 12.2. The summed E-state index contributed by atoms with van der Waals surface area (Å²) in [6, 6.07) is 9.03. The number of aromatic nitrogens is 3. The monoisotopic (exact) mass is 351 g/mol. The van der Waals surface area contributed by atoms with Crippen LogP contribution in [0.25, 0.3) is 23.2 Å². The summed E-state index contributed by atoms with van der Waals surface area (Å²) in [6.45, 7) is 0. The highest BCUT2D eigenvalue weighted by Crippen LogP contribution is 2.16. The van der Waals surface area contributed by atoms with Crippen molar-refractivity contribution in [3.05, 3.63) is 73.8 Å². The summed E-state index contributed by atoms with van der Waals surface area (Å²) < 4.78 is 7.98. The molecular weight excluding hydrogens is 338 g/mol. The van der Waals surface area contributed by atoms with Gasteiger partial charge in [0.25, 0.3) is 5.56 Å². The second-order valence-electron chi connectivity index (χ2n) is 5.49. The molecular formula is C18H13N3O3S. The summed E-state index contributed by atoms with van der Waals surface area (Å²) in [5.74, 6) is -0.0566. The Kier molecular flexibility index (Phi) is 3.70. The quantitative estimate of drug-likeness (QED) is 0.566. The average molecular weight is 351 g/mol. The van der Waals surface area contributed by atoms with Gasteiger partial charge in [-0.2, -0.15) is 0 Å². The molecule has 0 fully saturated rings. The van der Waals surface area contributed by atoms with Crippen LogP contribution in [0.15, 0.2) is 52.1 Å². The first-order chi connectivity index (χ1) is 12.1. The number of Topliss-reactive ketones (excluding diaryl/α,β-unsaturated/α-hetero) is 1. The molecule has 4 rings (SSSR count). The Morgan fingerprint density at radius 2 is 2.20 bits per heavy atom. The summed E-state index contributed by atoms with van der Waals surface area (Å²) in [7, 11) is 1.92. The minimum Gasteiger partial charge on any atom is -0.461 e. The van der Waals surface area contributed by atoms with Gasteiger partial charge in [-0.05, 0) is 24.3 Å². The zero-order chi connectivity index (χ0) is 17.4. The van der Waals surface area contributed by atoms with E-state index < -0.39 is 0 Å². The lowest BCUT2D eigenvalue weighted by Crippen LogP contribution is -2.20. The van der Waals surface area contributed by atoms with Gasteiger partial charge in [-0.15, -0.1) is 11.3 Å². The Balaban J connectivity index is 1.81. The molecule has 0 saturated carbocycles. The van der Waals surface area contributed by atoms with Crippen molar-refractivity contribution >= 4 is 40.3 Å². The first kappa shape index (κ1) is 15.3. The predicted molar refractivity (Wildman–Crippen MR) is 96.0 cm³/mol. The number of hydrogen-bond acceptors (Lipinski definition) is 5. The first-order valence-corrected chi connectivity index (χ1v) is 8.34. The lowest BCUT2D eigenvalue weighted by Gasteiger charge is -1.96. The number of fused-ring (bicyclic) bond motifs is 1. The number of carbonyl (C=O) groups excluding carboxylic acids is 1. The van der Waals surface area contributed by atoms with Crippen molar-refractivity contribution in [2.45, 2.75) is 0 Å². The van der Waals surface area contributed by atoms with Gasteiger partial charge in [0.15, 0.2) is 5.76 Å². The summed E-state index contributed by atoms with van der Waals surface area (Å²) in [4.78, 5) is 31.3. The zero-order valence-electron chi connectivity index (χ0n) is 13.2. The molecule has 1 N–H and O–H groups in total. The largest absolute Gasteiger partial charge is 0.461 e. The minimum absolute atomic E-state index is 0.234. The van der Waals surface area contributed by atoms with Gasteiger partial charge in [-0.25, -0.2) is 4.98 Å². The Morgan fingerprint density at radius 3 is 3.00 bits per heavy atom. The van der Waals surface area contributed by atoms with Crippen LogP contribution < -0.4 is 14.8 Å². The van der Waals surface area contributed by atoms with Crippen LogP contribution in [0.3, 0.4) is 0 Å². The number of benzene rings is 1. The number of furan rings is 1. The molecule has 1 aromatic carbocycles. The summed E-state index contributed by atoms with van der Waals surface area (Å²) >= 11 is 1.22. The van der Waals surface area contributed by atoms with Gasteiger partial charge in [0.1, 0.15) is 0 Å². The third kappa shape index (κ3) is 2.85. The van der Waals surface area contributed by atoms with Crippen molar-refractivity contribution in [2.24, 2.45) is 7.05 Å². The van der Waals surface area contributed by atoms with Crippen LogP contribution >= 0.6 is 11.3 Å². The number of imidazole rings is 1. The number of nitrogens with zero attached hydrogens (tertiary/aromatic N) is 2. The number of hydrogen-bond donors (Lipinski definition) is 1. The van der Waals surface area contributed by atoms with Crippen molar-refractivity contribution in [3.63, 3.8) is 0 Å². The van der Waals surface area contributed by atoms with Crippen LogP contribution in [-0.2, 0) is 7.05 Å². The SMILES string of the molecule is Cn1cnc2c(/C=c3/s/c(=C\C(=O)c4ccco4)[nH]c3=O)cccc21. The molecule has 0 aliphatic rings. The first-order valence-electron chi connectivity index (χ1n) is 7.52. The maximum Gasteiger partial charge on any atom is 0.266 e. The van der Waals surface area contributed by atoms with Crippen molar-refractivity contribution in [1.82, 2.24) is 14.5 Å². The lowest BCUT2D eigenvalue weighted by atomic mass is 10.2. The highest BCUT2D eigenvalue weighted by Gasteiger charge is 2.07. The summed E-state index contributed by atoms with van der Waals surface area (Å²) in [5.41, 5.74) is 2.43. The Morgan fingerprint density at radius 1 is 1.32 bits per heavy atom. The van der Waals surface area contributed by atoms with Gasteiger partial charge in [0.2, 0.25) is 5.78 Å². The molecule has 3 aromatic heterocycles. The number of aromatic amines is 1. The molecule has 7 heteroatoms. The molecule has 6 nitrogen and oxygen atoms in total. The normalized spacial score (nSPS) is 13.0. The molecule has 25 heavy (non-hydrogen) atoms. The molecule has 0 aliphatic heterocycles. The molecule has 0 saturated heterocycles. The topological polar surface area (TPSA) is 80.9 Å². The number of para-hydroxylation sites is 1. The van der Waals surface area contributed by atoms with Crippen LogP contribution in [0.1, 0.15) is 16.1 Å². The number of ketones is 1. The third-order valence-corrected chi connectivity index (χ3v) is 4.74. The molecule has 0 radical (unpaired) electrons. The van der Waals surface area contributed by atoms with E-state index in [2.05, 4.69) is 9.97 Å². The average Bonchev–Trinajstić information content (AvgIpc) is 3.31. The number of aryl methyl sites for hydroxylation is 1. The van der Waals surface area contributed by atoms with E-state index in [0.717, 1.165) is 16.6 Å². The van der Waals surface area contributed by atoms with Crippen molar-refractivity contribution in [3.8, 4) is 0 Å². The number of rotatable bonds is 3. The van der Waals surface area contributed by atoms with E-state index in [4.69, 9.17) is 4.42 Å². The van der Waals surface area contributed by atoms with E-state index >= 15 is 0 Å². The standard InChI is InChI=1S/C18H13N3O3S/c1-21-10-19-17-11(4-2-5-12(17)21)8-15-18(23)20-16(25-15)9-13(22)14-6-3-7-24-14/h2-10H,1H3,(H,20,23)/b15-8+,16-9-. The van der Waals surface area contributed by atoms with Crippen LogP contribution in [0.5, 0.6) is 0 Å². The van der Waals surface area contributed by atoms with Crippen LogP contribution in [0, 0.1) is 0 Å². The molecule has 0 unspecified atom stereocenters. The van der Waals surface area contributed by atoms with Gasteiger partial charge in [-0.3, -0.25) is 9.59 Å². The van der Waals surface area contributed by atoms with E-state index in [0.29, 0.717) is 9.20 Å².